The van der Waals surface area contributed by atoms with Crippen LogP contribution in [0.3, 0.4) is 0 Å². The van der Waals surface area contributed by atoms with Gasteiger partial charge < -0.3 is 19.8 Å². The van der Waals surface area contributed by atoms with E-state index in [1.807, 2.05) is 7.05 Å². The van der Waals surface area contributed by atoms with E-state index in [-0.39, 0.29) is 29.0 Å². The van der Waals surface area contributed by atoms with Crippen LogP contribution in [0.5, 0.6) is 23.0 Å². The smallest absolute Gasteiger partial charge is 0.240 e. The van der Waals surface area contributed by atoms with E-state index in [1.54, 1.807) is 42.5 Å². The first-order valence-corrected chi connectivity index (χ1v) is 13.1. The highest BCUT2D eigenvalue weighted by molar-refractivity contribution is 7.89. The lowest BCUT2D eigenvalue weighted by molar-refractivity contribution is 0.112. The molecule has 4 rings (SSSR count). The van der Waals surface area contributed by atoms with Crippen molar-refractivity contribution in [1.29, 1.82) is 0 Å². The van der Waals surface area contributed by atoms with Gasteiger partial charge in [0.2, 0.25) is 10.0 Å². The molecule has 1 fully saturated rings. The average molecular weight is 518 g/mol. The zero-order valence-corrected chi connectivity index (χ0v) is 20.8. The number of hydrogen-bond donors (Lipinski definition) is 3. The molecule has 3 aromatic carbocycles. The quantitative estimate of drug-likeness (QED) is 0.390. The van der Waals surface area contributed by atoms with Gasteiger partial charge in [0, 0.05) is 38.8 Å². The van der Waals surface area contributed by atoms with Crippen molar-refractivity contribution in [3.8, 4) is 23.0 Å². The fraction of sp³-hybridized carbons (Fsp3) is 0.280. The molecule has 3 aromatic rings. The lowest BCUT2D eigenvalue weighted by Gasteiger charge is -2.38. The first-order valence-electron chi connectivity index (χ1n) is 11.2. The van der Waals surface area contributed by atoms with E-state index in [0.29, 0.717) is 16.5 Å². The molecular weight excluding hydrogens is 490 g/mol. The summed E-state index contributed by atoms with van der Waals surface area (Å²) in [5.41, 5.74) is 0.719. The van der Waals surface area contributed by atoms with Crippen LogP contribution in [0.4, 0.5) is 0 Å². The number of likely N-dealkylation sites (N-methyl/N-ethyl adjacent to an activating group) is 1. The molecule has 1 heterocycles. The van der Waals surface area contributed by atoms with Gasteiger partial charge in [-0.1, -0.05) is 29.8 Å². The summed E-state index contributed by atoms with van der Waals surface area (Å²) in [6, 6.07) is 17.4. The molecule has 1 saturated heterocycles. The maximum atomic E-state index is 13.1. The summed E-state index contributed by atoms with van der Waals surface area (Å²) >= 11 is 6.12. The molecule has 0 aromatic heterocycles. The predicted octanol–water partition coefficient (Wildman–Crippen LogP) is 3.81. The summed E-state index contributed by atoms with van der Waals surface area (Å²) in [6.45, 7) is 3.30. The van der Waals surface area contributed by atoms with Crippen LogP contribution in [0.2, 0.25) is 5.02 Å². The Morgan fingerprint density at radius 3 is 2.31 bits per heavy atom. The van der Waals surface area contributed by atoms with Crippen LogP contribution in [0.25, 0.3) is 0 Å². The van der Waals surface area contributed by atoms with Gasteiger partial charge >= 0.3 is 0 Å². The molecule has 3 N–H and O–H groups in total. The van der Waals surface area contributed by atoms with Gasteiger partial charge in [-0.3, -0.25) is 4.90 Å². The molecule has 0 spiro atoms. The second-order valence-electron chi connectivity index (χ2n) is 8.46. The average Bonchev–Trinajstić information content (AvgIpc) is 2.84. The topological polar surface area (TPSA) is 102 Å². The molecule has 1 atom stereocenters. The zero-order valence-electron chi connectivity index (χ0n) is 19.3. The highest BCUT2D eigenvalue weighted by atomic mass is 35.5. The van der Waals surface area contributed by atoms with Crippen molar-refractivity contribution in [3.05, 3.63) is 77.3 Å². The minimum absolute atomic E-state index is 0.105. The Labute approximate surface area is 210 Å². The fourth-order valence-corrected chi connectivity index (χ4v) is 5.17. The summed E-state index contributed by atoms with van der Waals surface area (Å²) in [7, 11) is -1.77. The molecule has 0 saturated carbocycles. The maximum Gasteiger partial charge on any atom is 0.240 e. The Kier molecular flexibility index (Phi) is 7.83. The number of sulfonamides is 1. The number of benzene rings is 3. The summed E-state index contributed by atoms with van der Waals surface area (Å²) in [5.74, 6) is 0.492. The number of ether oxygens (including phenoxy) is 1. The third-order valence-electron chi connectivity index (χ3n) is 6.03. The van der Waals surface area contributed by atoms with Crippen molar-refractivity contribution in [1.82, 2.24) is 14.5 Å². The van der Waals surface area contributed by atoms with Gasteiger partial charge in [-0.05, 0) is 61.1 Å². The molecule has 1 unspecified atom stereocenters. The second-order valence-corrected chi connectivity index (χ2v) is 10.6. The van der Waals surface area contributed by atoms with Crippen LogP contribution in [0.1, 0.15) is 11.6 Å². The van der Waals surface area contributed by atoms with E-state index >= 15 is 0 Å². The monoisotopic (exact) mass is 517 g/mol. The number of phenols is 2. The zero-order chi connectivity index (χ0) is 25.0. The van der Waals surface area contributed by atoms with Crippen LogP contribution < -0.4 is 9.46 Å². The Morgan fingerprint density at radius 2 is 1.66 bits per heavy atom. The first kappa shape index (κ1) is 25.3. The number of nitrogens with one attached hydrogen (secondary N) is 1. The minimum Gasteiger partial charge on any atom is -0.504 e. The molecule has 0 bridgehead atoms. The fourth-order valence-electron chi connectivity index (χ4n) is 3.95. The molecule has 0 amide bonds. The Bertz CT molecular complexity index is 1260. The van der Waals surface area contributed by atoms with Crippen molar-refractivity contribution < 1.29 is 23.4 Å². The van der Waals surface area contributed by atoms with Crippen LogP contribution in [-0.4, -0.2) is 68.2 Å². The SMILES string of the molecule is CN1CCN(C(CNS(=O)(=O)c2ccc(Oc3ccccc3Cl)cc2)c2ccc(O)c(O)c2)CC1. The van der Waals surface area contributed by atoms with Crippen LogP contribution in [0.15, 0.2) is 71.6 Å². The van der Waals surface area contributed by atoms with E-state index in [9.17, 15) is 18.6 Å². The van der Waals surface area contributed by atoms with E-state index in [2.05, 4.69) is 14.5 Å². The molecule has 8 nitrogen and oxygen atoms in total. The number of phenolic OH excluding ortho intramolecular Hbond substituents is 2. The normalized spacial score (nSPS) is 16.2. The van der Waals surface area contributed by atoms with E-state index in [4.69, 9.17) is 16.3 Å². The van der Waals surface area contributed by atoms with Gasteiger partial charge in [0.25, 0.3) is 0 Å². The highest BCUT2D eigenvalue weighted by Crippen LogP contribution is 2.32. The number of aromatic hydroxyl groups is 2. The molecule has 186 valence electrons. The summed E-state index contributed by atoms with van der Waals surface area (Å²) < 4.78 is 34.6. The van der Waals surface area contributed by atoms with E-state index in [1.165, 1.54) is 24.3 Å². The van der Waals surface area contributed by atoms with Crippen molar-refractivity contribution in [3.63, 3.8) is 0 Å². The standard InChI is InChI=1S/C25H28ClN3O5S/c1-28-12-14-29(15-13-28)22(18-6-11-23(30)24(31)16-18)17-27-35(32,33)20-9-7-19(8-10-20)34-25-5-3-2-4-21(25)26/h2-11,16,22,27,30-31H,12-15,17H2,1H3. The van der Waals surface area contributed by atoms with Crippen molar-refractivity contribution in [2.75, 3.05) is 39.8 Å². The van der Waals surface area contributed by atoms with Crippen molar-refractivity contribution in [2.45, 2.75) is 10.9 Å². The molecule has 1 aliphatic rings. The molecule has 0 radical (unpaired) electrons. The third-order valence-corrected chi connectivity index (χ3v) is 7.78. The predicted molar refractivity (Wildman–Crippen MR) is 135 cm³/mol. The Morgan fingerprint density at radius 1 is 0.971 bits per heavy atom. The lowest BCUT2D eigenvalue weighted by atomic mass is 10.0. The Hall–Kier alpha value is -2.82. The minimum atomic E-state index is -3.81. The number of para-hydroxylation sites is 1. The molecule has 1 aliphatic heterocycles. The molecular formula is C25H28ClN3O5S. The molecule has 35 heavy (non-hydrogen) atoms. The van der Waals surface area contributed by atoms with Gasteiger partial charge in [0.15, 0.2) is 11.5 Å². The van der Waals surface area contributed by atoms with Crippen molar-refractivity contribution >= 4 is 21.6 Å². The summed E-state index contributed by atoms with van der Waals surface area (Å²) in [5, 5.41) is 20.2. The number of hydrogen-bond acceptors (Lipinski definition) is 7. The molecule has 0 aliphatic carbocycles. The van der Waals surface area contributed by atoms with Gasteiger partial charge in [-0.25, -0.2) is 13.1 Å². The van der Waals surface area contributed by atoms with Gasteiger partial charge in [-0.15, -0.1) is 0 Å². The number of piperazine rings is 1. The highest BCUT2D eigenvalue weighted by Gasteiger charge is 2.26. The van der Waals surface area contributed by atoms with E-state index in [0.717, 1.165) is 31.7 Å². The number of rotatable bonds is 8. The summed E-state index contributed by atoms with van der Waals surface area (Å²) in [6.07, 6.45) is 0. The summed E-state index contributed by atoms with van der Waals surface area (Å²) in [4.78, 5) is 4.49. The first-order chi connectivity index (χ1) is 16.7. The largest absolute Gasteiger partial charge is 0.504 e. The van der Waals surface area contributed by atoms with Gasteiger partial charge in [0.1, 0.15) is 11.5 Å². The van der Waals surface area contributed by atoms with Crippen molar-refractivity contribution in [2.24, 2.45) is 0 Å². The van der Waals surface area contributed by atoms with Gasteiger partial charge in [-0.2, -0.15) is 0 Å². The Balaban J connectivity index is 1.49. The number of halogens is 1. The number of nitrogens with zero attached hydrogens (tertiary/aromatic N) is 2. The lowest BCUT2D eigenvalue weighted by Crippen LogP contribution is -2.48. The second kappa shape index (κ2) is 10.8. The van der Waals surface area contributed by atoms with Crippen LogP contribution in [-0.2, 0) is 10.0 Å². The van der Waals surface area contributed by atoms with Gasteiger partial charge in [0.05, 0.1) is 9.92 Å². The molecule has 10 heteroatoms. The van der Waals surface area contributed by atoms with E-state index < -0.39 is 10.0 Å². The third kappa shape index (κ3) is 6.25. The van der Waals surface area contributed by atoms with Crippen LogP contribution >= 0.6 is 11.6 Å². The van der Waals surface area contributed by atoms with Crippen LogP contribution in [0, 0.1) is 0 Å². The maximum absolute atomic E-state index is 13.1.